The number of aryl methyl sites for hydroxylation is 1. The molecule has 2 atom stereocenters. The third kappa shape index (κ3) is 2.74. The van der Waals surface area contributed by atoms with Crippen molar-refractivity contribution < 1.29 is 0 Å². The van der Waals surface area contributed by atoms with Crippen molar-refractivity contribution in [3.05, 3.63) is 23.4 Å². The molecule has 2 rings (SSSR count). The smallest absolute Gasteiger partial charge is 0.129 e. The Hall–Kier alpha value is -0.760. The van der Waals surface area contributed by atoms with Gasteiger partial charge in [-0.1, -0.05) is 13.0 Å². The average Bonchev–Trinajstić information content (AvgIpc) is 2.32. The second-order valence-electron chi connectivity index (χ2n) is 5.23. The molecule has 94 valence electrons. The molecule has 1 saturated heterocycles. The average molecular weight is 253 g/mol. The summed E-state index contributed by atoms with van der Waals surface area (Å²) in [6, 6.07) is 4.82. The monoisotopic (exact) mass is 252 g/mol. The SMILES string of the molecule is Cc1nc(N2CC(C)CCC2C)ccc1CCl. The van der Waals surface area contributed by atoms with Gasteiger partial charge < -0.3 is 4.90 Å². The van der Waals surface area contributed by atoms with Crippen LogP contribution in [0.5, 0.6) is 0 Å². The van der Waals surface area contributed by atoms with E-state index < -0.39 is 0 Å². The molecule has 2 heterocycles. The van der Waals surface area contributed by atoms with Gasteiger partial charge in [0.25, 0.3) is 0 Å². The fourth-order valence-electron chi connectivity index (χ4n) is 2.49. The van der Waals surface area contributed by atoms with Crippen LogP contribution in [0.2, 0.25) is 0 Å². The van der Waals surface area contributed by atoms with E-state index in [1.165, 1.54) is 12.8 Å². The lowest BCUT2D eigenvalue weighted by Gasteiger charge is -2.38. The minimum Gasteiger partial charge on any atom is -0.354 e. The van der Waals surface area contributed by atoms with E-state index >= 15 is 0 Å². The predicted molar refractivity (Wildman–Crippen MR) is 73.7 cm³/mol. The lowest BCUT2D eigenvalue weighted by molar-refractivity contribution is 0.388. The lowest BCUT2D eigenvalue weighted by atomic mass is 9.95. The quantitative estimate of drug-likeness (QED) is 0.746. The van der Waals surface area contributed by atoms with Gasteiger partial charge in [-0.05, 0) is 44.2 Å². The van der Waals surface area contributed by atoms with Crippen LogP contribution in [0.25, 0.3) is 0 Å². The standard InChI is InChI=1S/C14H21ClN2/c1-10-4-5-11(2)17(9-10)14-7-6-13(8-15)12(3)16-14/h6-7,10-11H,4-5,8-9H2,1-3H3. The molecule has 0 spiro atoms. The van der Waals surface area contributed by atoms with Crippen molar-refractivity contribution in [3.63, 3.8) is 0 Å². The zero-order valence-electron chi connectivity index (χ0n) is 10.9. The molecule has 1 aromatic heterocycles. The fraction of sp³-hybridized carbons (Fsp3) is 0.643. The van der Waals surface area contributed by atoms with Crippen molar-refractivity contribution in [2.75, 3.05) is 11.4 Å². The maximum absolute atomic E-state index is 5.87. The van der Waals surface area contributed by atoms with Crippen molar-refractivity contribution in [2.45, 2.75) is 45.5 Å². The number of piperidine rings is 1. The summed E-state index contributed by atoms with van der Waals surface area (Å²) in [4.78, 5) is 7.12. The molecule has 0 aliphatic carbocycles. The molecular formula is C14H21ClN2. The molecule has 2 unspecified atom stereocenters. The first-order valence-electron chi connectivity index (χ1n) is 6.41. The highest BCUT2D eigenvalue weighted by atomic mass is 35.5. The van der Waals surface area contributed by atoms with Crippen LogP contribution in [0.1, 0.15) is 37.9 Å². The van der Waals surface area contributed by atoms with Gasteiger partial charge >= 0.3 is 0 Å². The van der Waals surface area contributed by atoms with Gasteiger partial charge in [-0.2, -0.15) is 0 Å². The molecule has 1 aromatic rings. The Morgan fingerprint density at radius 2 is 2.12 bits per heavy atom. The van der Waals surface area contributed by atoms with Gasteiger partial charge in [0, 0.05) is 24.2 Å². The highest BCUT2D eigenvalue weighted by molar-refractivity contribution is 6.17. The van der Waals surface area contributed by atoms with Gasteiger partial charge in [0.15, 0.2) is 0 Å². The van der Waals surface area contributed by atoms with Crippen molar-refractivity contribution in [1.82, 2.24) is 4.98 Å². The summed E-state index contributed by atoms with van der Waals surface area (Å²) in [7, 11) is 0. The number of rotatable bonds is 2. The molecule has 1 fully saturated rings. The minimum atomic E-state index is 0.547. The summed E-state index contributed by atoms with van der Waals surface area (Å²) in [6.07, 6.45) is 2.59. The van der Waals surface area contributed by atoms with Crippen LogP contribution in [0.3, 0.4) is 0 Å². The number of halogens is 1. The molecule has 2 nitrogen and oxygen atoms in total. The normalized spacial score (nSPS) is 25.1. The summed E-state index contributed by atoms with van der Waals surface area (Å²) in [6.45, 7) is 7.77. The van der Waals surface area contributed by atoms with E-state index in [9.17, 15) is 0 Å². The Balaban J connectivity index is 2.23. The molecule has 3 heteroatoms. The molecule has 0 aromatic carbocycles. The molecule has 0 saturated carbocycles. The van der Waals surface area contributed by atoms with E-state index in [1.807, 2.05) is 6.92 Å². The van der Waals surface area contributed by atoms with E-state index in [0.29, 0.717) is 11.9 Å². The van der Waals surface area contributed by atoms with Crippen molar-refractivity contribution in [3.8, 4) is 0 Å². The summed E-state index contributed by atoms with van der Waals surface area (Å²) in [5.74, 6) is 2.42. The Bertz CT molecular complexity index is 392. The number of pyridine rings is 1. The van der Waals surface area contributed by atoms with E-state index in [1.54, 1.807) is 0 Å². The Kier molecular flexibility index (Phi) is 3.93. The van der Waals surface area contributed by atoms with Gasteiger partial charge in [-0.3, -0.25) is 0 Å². The summed E-state index contributed by atoms with van der Waals surface area (Å²) >= 11 is 5.87. The lowest BCUT2D eigenvalue weighted by Crippen LogP contribution is -2.41. The first-order chi connectivity index (χ1) is 8.11. The predicted octanol–water partition coefficient (Wildman–Crippen LogP) is 3.75. The van der Waals surface area contributed by atoms with E-state index in [0.717, 1.165) is 29.5 Å². The van der Waals surface area contributed by atoms with Gasteiger partial charge in [-0.25, -0.2) is 4.98 Å². The third-order valence-corrected chi connectivity index (χ3v) is 4.02. The van der Waals surface area contributed by atoms with Crippen LogP contribution in [0.15, 0.2) is 12.1 Å². The molecule has 1 aliphatic rings. The van der Waals surface area contributed by atoms with E-state index in [-0.39, 0.29) is 0 Å². The van der Waals surface area contributed by atoms with Crippen LogP contribution in [-0.4, -0.2) is 17.6 Å². The summed E-state index contributed by atoms with van der Waals surface area (Å²) in [5, 5.41) is 0. The van der Waals surface area contributed by atoms with Crippen LogP contribution in [0.4, 0.5) is 5.82 Å². The van der Waals surface area contributed by atoms with Crippen LogP contribution in [0, 0.1) is 12.8 Å². The second kappa shape index (κ2) is 5.26. The molecule has 1 aliphatic heterocycles. The fourth-order valence-corrected chi connectivity index (χ4v) is 2.77. The van der Waals surface area contributed by atoms with Gasteiger partial charge in [0.2, 0.25) is 0 Å². The van der Waals surface area contributed by atoms with Crippen LogP contribution < -0.4 is 4.90 Å². The topological polar surface area (TPSA) is 16.1 Å². The number of aromatic nitrogens is 1. The Morgan fingerprint density at radius 3 is 2.76 bits per heavy atom. The number of hydrogen-bond donors (Lipinski definition) is 0. The Morgan fingerprint density at radius 1 is 1.35 bits per heavy atom. The molecule has 0 radical (unpaired) electrons. The molecule has 0 amide bonds. The van der Waals surface area contributed by atoms with Crippen molar-refractivity contribution >= 4 is 17.4 Å². The van der Waals surface area contributed by atoms with Crippen LogP contribution >= 0.6 is 11.6 Å². The number of anilines is 1. The maximum atomic E-state index is 5.87. The van der Waals surface area contributed by atoms with Gasteiger partial charge in [-0.15, -0.1) is 11.6 Å². The number of alkyl halides is 1. The first-order valence-corrected chi connectivity index (χ1v) is 6.94. The zero-order chi connectivity index (χ0) is 12.4. The van der Waals surface area contributed by atoms with Gasteiger partial charge in [0.05, 0.1) is 0 Å². The molecule has 0 bridgehead atoms. The maximum Gasteiger partial charge on any atom is 0.129 e. The minimum absolute atomic E-state index is 0.547. The molecule has 0 N–H and O–H groups in total. The first kappa shape index (κ1) is 12.7. The van der Waals surface area contributed by atoms with Crippen molar-refractivity contribution in [1.29, 1.82) is 0 Å². The highest BCUT2D eigenvalue weighted by Gasteiger charge is 2.23. The van der Waals surface area contributed by atoms with E-state index in [4.69, 9.17) is 16.6 Å². The highest BCUT2D eigenvalue weighted by Crippen LogP contribution is 2.27. The second-order valence-corrected chi connectivity index (χ2v) is 5.50. The molecule has 17 heavy (non-hydrogen) atoms. The van der Waals surface area contributed by atoms with Crippen LogP contribution in [-0.2, 0) is 5.88 Å². The molecular weight excluding hydrogens is 232 g/mol. The number of hydrogen-bond acceptors (Lipinski definition) is 2. The largest absolute Gasteiger partial charge is 0.354 e. The zero-order valence-corrected chi connectivity index (χ0v) is 11.7. The Labute approximate surface area is 109 Å². The summed E-state index contributed by atoms with van der Waals surface area (Å²) < 4.78 is 0. The number of nitrogens with zero attached hydrogens (tertiary/aromatic N) is 2. The summed E-state index contributed by atoms with van der Waals surface area (Å²) in [5.41, 5.74) is 2.19. The van der Waals surface area contributed by atoms with Gasteiger partial charge in [0.1, 0.15) is 5.82 Å². The third-order valence-electron chi connectivity index (χ3n) is 3.74. The van der Waals surface area contributed by atoms with Crippen molar-refractivity contribution in [2.24, 2.45) is 5.92 Å². The van der Waals surface area contributed by atoms with E-state index in [2.05, 4.69) is 30.9 Å².